The van der Waals surface area contributed by atoms with Crippen LogP contribution in [0.1, 0.15) is 24.8 Å². The quantitative estimate of drug-likeness (QED) is 0.852. The van der Waals surface area contributed by atoms with Crippen molar-refractivity contribution in [1.82, 2.24) is 15.1 Å². The Kier molecular flexibility index (Phi) is 3.53. The number of aryl methyl sites for hydroxylation is 1. The van der Waals surface area contributed by atoms with Gasteiger partial charge >= 0.3 is 0 Å². The number of hydrogen-bond acceptors (Lipinski definition) is 4. The molecular weight excluding hydrogens is 238 g/mol. The van der Waals surface area contributed by atoms with E-state index >= 15 is 0 Å². The average molecular weight is 257 g/mol. The van der Waals surface area contributed by atoms with Crippen molar-refractivity contribution in [2.45, 2.75) is 37.1 Å². The maximum Gasteiger partial charge on any atom is 0.151 e. The number of sulfone groups is 1. The number of nitrogens with one attached hydrogen (secondary N) is 1. The summed E-state index contributed by atoms with van der Waals surface area (Å²) in [7, 11) is -1.06. The summed E-state index contributed by atoms with van der Waals surface area (Å²) in [4.78, 5) is 0. The maximum absolute atomic E-state index is 11.6. The van der Waals surface area contributed by atoms with Gasteiger partial charge in [-0.05, 0) is 12.8 Å². The minimum atomic E-state index is -2.93. The number of aromatic nitrogens is 2. The highest BCUT2D eigenvalue weighted by molar-refractivity contribution is 7.91. The molecule has 2 rings (SSSR count). The molecule has 1 aliphatic rings. The molecule has 1 heterocycles. The van der Waals surface area contributed by atoms with Gasteiger partial charge in [-0.2, -0.15) is 5.10 Å². The van der Waals surface area contributed by atoms with Crippen molar-refractivity contribution in [2.75, 3.05) is 6.26 Å². The molecule has 1 aromatic rings. The molecule has 1 aromatic heterocycles. The monoisotopic (exact) mass is 257 g/mol. The van der Waals surface area contributed by atoms with Gasteiger partial charge < -0.3 is 5.32 Å². The summed E-state index contributed by atoms with van der Waals surface area (Å²) in [6, 6.07) is 0.0882. The smallest absolute Gasteiger partial charge is 0.151 e. The van der Waals surface area contributed by atoms with E-state index in [-0.39, 0.29) is 11.3 Å². The predicted molar refractivity (Wildman–Crippen MR) is 66.3 cm³/mol. The fourth-order valence-electron chi connectivity index (χ4n) is 2.48. The zero-order valence-electron chi connectivity index (χ0n) is 10.3. The van der Waals surface area contributed by atoms with Crippen LogP contribution in [0.4, 0.5) is 0 Å². The Labute approximate surface area is 102 Å². The molecule has 1 saturated carbocycles. The third kappa shape index (κ3) is 3.07. The average Bonchev–Trinajstić information content (AvgIpc) is 2.81. The van der Waals surface area contributed by atoms with Crippen LogP contribution < -0.4 is 5.32 Å². The molecule has 17 heavy (non-hydrogen) atoms. The van der Waals surface area contributed by atoms with Crippen molar-refractivity contribution in [3.05, 3.63) is 18.0 Å². The largest absolute Gasteiger partial charge is 0.309 e. The molecule has 0 aromatic carbocycles. The van der Waals surface area contributed by atoms with E-state index in [4.69, 9.17) is 0 Å². The maximum atomic E-state index is 11.6. The second-order valence-electron chi connectivity index (χ2n) is 4.81. The SMILES string of the molecule is Cn1cc(CNC2CCCC2S(C)(=O)=O)cn1. The van der Waals surface area contributed by atoms with E-state index in [0.29, 0.717) is 6.54 Å². The van der Waals surface area contributed by atoms with E-state index in [0.717, 1.165) is 24.8 Å². The van der Waals surface area contributed by atoms with Gasteiger partial charge in [-0.15, -0.1) is 0 Å². The van der Waals surface area contributed by atoms with E-state index < -0.39 is 9.84 Å². The molecule has 1 fully saturated rings. The van der Waals surface area contributed by atoms with Crippen LogP contribution in [0.15, 0.2) is 12.4 Å². The lowest BCUT2D eigenvalue weighted by Crippen LogP contribution is -2.39. The summed E-state index contributed by atoms with van der Waals surface area (Å²) in [6.45, 7) is 0.685. The molecular formula is C11H19N3O2S. The highest BCUT2D eigenvalue weighted by Gasteiger charge is 2.34. The van der Waals surface area contributed by atoms with Crippen LogP contribution >= 0.6 is 0 Å². The summed E-state index contributed by atoms with van der Waals surface area (Å²) >= 11 is 0. The van der Waals surface area contributed by atoms with Crippen molar-refractivity contribution in [2.24, 2.45) is 7.05 Å². The third-order valence-electron chi connectivity index (χ3n) is 3.33. The lowest BCUT2D eigenvalue weighted by Gasteiger charge is -2.19. The zero-order valence-corrected chi connectivity index (χ0v) is 11.1. The first-order chi connectivity index (χ1) is 7.97. The fraction of sp³-hybridized carbons (Fsp3) is 0.727. The first-order valence-electron chi connectivity index (χ1n) is 5.86. The Bertz CT molecular complexity index is 481. The first-order valence-corrected chi connectivity index (χ1v) is 7.82. The van der Waals surface area contributed by atoms with E-state index in [1.165, 1.54) is 6.26 Å². The normalized spacial score (nSPS) is 25.3. The molecule has 2 unspecified atom stereocenters. The Morgan fingerprint density at radius 3 is 2.88 bits per heavy atom. The van der Waals surface area contributed by atoms with Gasteiger partial charge in [-0.3, -0.25) is 4.68 Å². The first kappa shape index (κ1) is 12.6. The van der Waals surface area contributed by atoms with Crippen LogP contribution in [0.3, 0.4) is 0 Å². The molecule has 0 aliphatic heterocycles. The van der Waals surface area contributed by atoms with Gasteiger partial charge in [0.2, 0.25) is 0 Å². The van der Waals surface area contributed by atoms with Gasteiger partial charge in [0.1, 0.15) is 0 Å². The van der Waals surface area contributed by atoms with Gasteiger partial charge in [-0.1, -0.05) is 6.42 Å². The molecule has 0 saturated heterocycles. The van der Waals surface area contributed by atoms with Crippen molar-refractivity contribution in [1.29, 1.82) is 0 Å². The van der Waals surface area contributed by atoms with Gasteiger partial charge in [0.15, 0.2) is 9.84 Å². The van der Waals surface area contributed by atoms with Crippen LogP contribution in [0.2, 0.25) is 0 Å². The fourth-order valence-corrected chi connectivity index (χ4v) is 3.91. The van der Waals surface area contributed by atoms with Crippen LogP contribution in [-0.2, 0) is 23.4 Å². The summed E-state index contributed by atoms with van der Waals surface area (Å²) in [5, 5.41) is 7.20. The Morgan fingerprint density at radius 2 is 2.29 bits per heavy atom. The second kappa shape index (κ2) is 4.78. The summed E-state index contributed by atoms with van der Waals surface area (Å²) in [5.74, 6) is 0. The Balaban J connectivity index is 1.95. The summed E-state index contributed by atoms with van der Waals surface area (Å²) in [5.41, 5.74) is 1.09. The van der Waals surface area contributed by atoms with Crippen LogP contribution in [-0.4, -0.2) is 35.7 Å². The minimum absolute atomic E-state index is 0.0882. The molecule has 0 radical (unpaired) electrons. The second-order valence-corrected chi connectivity index (χ2v) is 7.07. The minimum Gasteiger partial charge on any atom is -0.309 e. The molecule has 96 valence electrons. The van der Waals surface area contributed by atoms with Crippen molar-refractivity contribution in [3.63, 3.8) is 0 Å². The number of hydrogen-bond donors (Lipinski definition) is 1. The molecule has 1 N–H and O–H groups in total. The Hall–Kier alpha value is -0.880. The molecule has 1 aliphatic carbocycles. The third-order valence-corrected chi connectivity index (χ3v) is 4.99. The van der Waals surface area contributed by atoms with Crippen molar-refractivity contribution >= 4 is 9.84 Å². The number of rotatable bonds is 4. The van der Waals surface area contributed by atoms with Crippen molar-refractivity contribution < 1.29 is 8.42 Å². The van der Waals surface area contributed by atoms with Gasteiger partial charge in [0.05, 0.1) is 11.4 Å². The van der Waals surface area contributed by atoms with E-state index in [1.807, 2.05) is 13.2 Å². The predicted octanol–water partition coefficient (Wildman–Crippen LogP) is 0.475. The lowest BCUT2D eigenvalue weighted by atomic mass is 10.2. The standard InChI is InChI=1S/C11H19N3O2S/c1-14-8-9(7-13-14)6-12-10-4-3-5-11(10)17(2,15)16/h7-8,10-12H,3-6H2,1-2H3. The molecule has 5 nitrogen and oxygen atoms in total. The highest BCUT2D eigenvalue weighted by Crippen LogP contribution is 2.25. The molecule has 6 heteroatoms. The Morgan fingerprint density at radius 1 is 1.53 bits per heavy atom. The molecule has 0 spiro atoms. The zero-order chi connectivity index (χ0) is 12.5. The van der Waals surface area contributed by atoms with Crippen LogP contribution in [0.5, 0.6) is 0 Å². The van der Waals surface area contributed by atoms with Crippen LogP contribution in [0, 0.1) is 0 Å². The van der Waals surface area contributed by atoms with E-state index in [2.05, 4.69) is 10.4 Å². The van der Waals surface area contributed by atoms with Gasteiger partial charge in [-0.25, -0.2) is 8.42 Å². The summed E-state index contributed by atoms with van der Waals surface area (Å²) < 4.78 is 25.0. The van der Waals surface area contributed by atoms with Gasteiger partial charge in [0.25, 0.3) is 0 Å². The van der Waals surface area contributed by atoms with E-state index in [1.54, 1.807) is 10.9 Å². The lowest BCUT2D eigenvalue weighted by molar-refractivity contribution is 0.507. The summed E-state index contributed by atoms with van der Waals surface area (Å²) in [6.07, 6.45) is 7.79. The molecule has 0 amide bonds. The molecule has 0 bridgehead atoms. The number of nitrogens with zero attached hydrogens (tertiary/aromatic N) is 2. The highest BCUT2D eigenvalue weighted by atomic mass is 32.2. The molecule has 2 atom stereocenters. The topological polar surface area (TPSA) is 64.0 Å². The van der Waals surface area contributed by atoms with Gasteiger partial charge in [0, 0.05) is 37.7 Å². The van der Waals surface area contributed by atoms with Crippen molar-refractivity contribution in [3.8, 4) is 0 Å². The van der Waals surface area contributed by atoms with E-state index in [9.17, 15) is 8.42 Å². The van der Waals surface area contributed by atoms with Crippen LogP contribution in [0.25, 0.3) is 0 Å².